The number of rotatable bonds is 4. The van der Waals surface area contributed by atoms with E-state index in [9.17, 15) is 8.42 Å². The molecule has 100 valence electrons. The molecule has 0 aliphatic heterocycles. The van der Waals surface area contributed by atoms with Gasteiger partial charge in [0, 0.05) is 18.9 Å². The van der Waals surface area contributed by atoms with Gasteiger partial charge in [0.2, 0.25) is 5.95 Å². The average Bonchev–Trinajstić information content (AvgIpc) is 2.38. The number of hydrogen-bond donors (Lipinski definition) is 2. The largest absolute Gasteiger partial charge is 0.326 e. The number of halogens is 1. The van der Waals surface area contributed by atoms with Crippen LogP contribution in [0.2, 0.25) is 5.02 Å². The molecule has 0 fully saturated rings. The van der Waals surface area contributed by atoms with Crippen LogP contribution in [0.1, 0.15) is 5.56 Å². The fraction of sp³-hybridized carbons (Fsp3) is 0.0909. The number of hydrogen-bond acceptors (Lipinski definition) is 5. The molecule has 2 aromatic rings. The smallest absolute Gasteiger partial charge is 0.265 e. The minimum atomic E-state index is -3.82. The van der Waals surface area contributed by atoms with E-state index in [4.69, 9.17) is 17.3 Å². The minimum absolute atomic E-state index is 0.0125. The van der Waals surface area contributed by atoms with Crippen LogP contribution in [0.5, 0.6) is 0 Å². The number of aromatic nitrogens is 2. The Hall–Kier alpha value is -1.70. The Morgan fingerprint density at radius 2 is 1.95 bits per heavy atom. The third kappa shape index (κ3) is 3.19. The van der Waals surface area contributed by atoms with E-state index in [1.54, 1.807) is 12.1 Å². The maximum atomic E-state index is 12.1. The summed E-state index contributed by atoms with van der Waals surface area (Å²) in [4.78, 5) is 7.53. The topological polar surface area (TPSA) is 98.0 Å². The van der Waals surface area contributed by atoms with Crippen molar-refractivity contribution in [3.8, 4) is 0 Å². The Labute approximate surface area is 115 Å². The first kappa shape index (κ1) is 13.7. The molecule has 0 spiro atoms. The maximum absolute atomic E-state index is 12.1. The predicted octanol–water partition coefficient (Wildman–Crippen LogP) is 1.39. The molecule has 0 amide bonds. The quantitative estimate of drug-likeness (QED) is 0.889. The number of anilines is 1. The maximum Gasteiger partial charge on any atom is 0.265 e. The van der Waals surface area contributed by atoms with Crippen molar-refractivity contribution in [2.24, 2.45) is 5.73 Å². The summed E-state index contributed by atoms with van der Waals surface area (Å²) >= 11 is 5.94. The highest BCUT2D eigenvalue weighted by Gasteiger charge is 2.19. The normalized spacial score (nSPS) is 11.3. The van der Waals surface area contributed by atoms with Crippen molar-refractivity contribution < 1.29 is 8.42 Å². The van der Waals surface area contributed by atoms with Crippen molar-refractivity contribution in [3.05, 3.63) is 47.2 Å². The Morgan fingerprint density at radius 1 is 1.26 bits per heavy atom. The first-order chi connectivity index (χ1) is 9.03. The summed E-state index contributed by atoms with van der Waals surface area (Å²) in [6.07, 6.45) is 2.87. The highest BCUT2D eigenvalue weighted by molar-refractivity contribution is 7.92. The summed E-state index contributed by atoms with van der Waals surface area (Å²) in [5, 5.41) is 0.103. The molecule has 1 aromatic heterocycles. The van der Waals surface area contributed by atoms with Gasteiger partial charge in [-0.3, -0.25) is 0 Å². The average molecular weight is 299 g/mol. The van der Waals surface area contributed by atoms with E-state index in [0.29, 0.717) is 0 Å². The van der Waals surface area contributed by atoms with Gasteiger partial charge >= 0.3 is 0 Å². The molecule has 0 aliphatic carbocycles. The monoisotopic (exact) mass is 298 g/mol. The number of sulfonamides is 1. The van der Waals surface area contributed by atoms with Gasteiger partial charge in [0.15, 0.2) is 0 Å². The molecular weight excluding hydrogens is 288 g/mol. The molecule has 1 aromatic carbocycles. The number of nitrogens with zero attached hydrogens (tertiary/aromatic N) is 2. The third-order valence-electron chi connectivity index (χ3n) is 2.31. The first-order valence-electron chi connectivity index (χ1n) is 5.31. The van der Waals surface area contributed by atoms with Gasteiger partial charge in [0.1, 0.15) is 4.90 Å². The first-order valence-corrected chi connectivity index (χ1v) is 7.17. The molecule has 0 bridgehead atoms. The van der Waals surface area contributed by atoms with E-state index >= 15 is 0 Å². The molecule has 0 atom stereocenters. The molecule has 6 nitrogen and oxygen atoms in total. The van der Waals surface area contributed by atoms with Crippen LogP contribution in [0, 0.1) is 0 Å². The van der Waals surface area contributed by atoms with Crippen molar-refractivity contribution in [1.29, 1.82) is 0 Å². The lowest BCUT2D eigenvalue weighted by Crippen LogP contribution is -2.15. The Bertz CT molecular complexity index is 676. The number of benzene rings is 1. The van der Waals surface area contributed by atoms with Crippen molar-refractivity contribution >= 4 is 27.6 Å². The molecule has 3 N–H and O–H groups in total. The van der Waals surface area contributed by atoms with E-state index < -0.39 is 10.0 Å². The molecule has 0 saturated carbocycles. The Morgan fingerprint density at radius 3 is 2.53 bits per heavy atom. The molecule has 0 radical (unpaired) electrons. The van der Waals surface area contributed by atoms with Crippen LogP contribution in [-0.4, -0.2) is 18.4 Å². The summed E-state index contributed by atoms with van der Waals surface area (Å²) in [6, 6.07) is 6.10. The highest BCUT2D eigenvalue weighted by atomic mass is 35.5. The van der Waals surface area contributed by atoms with E-state index in [-0.39, 0.29) is 22.4 Å². The van der Waals surface area contributed by atoms with Crippen LogP contribution in [0.15, 0.2) is 41.6 Å². The summed E-state index contributed by atoms with van der Waals surface area (Å²) in [5.41, 5.74) is 6.21. The summed E-state index contributed by atoms with van der Waals surface area (Å²) in [5.74, 6) is -0.0125. The van der Waals surface area contributed by atoms with Gasteiger partial charge in [-0.2, -0.15) is 0 Å². The SMILES string of the molecule is NCc1ccc(S(=O)(=O)Nc2ncccn2)c(Cl)c1. The second kappa shape index (κ2) is 5.52. The molecule has 19 heavy (non-hydrogen) atoms. The van der Waals surface area contributed by atoms with Gasteiger partial charge in [-0.15, -0.1) is 0 Å². The molecule has 2 rings (SSSR count). The molecule has 0 aliphatic rings. The van der Waals surface area contributed by atoms with Gasteiger partial charge in [-0.05, 0) is 23.8 Å². The van der Waals surface area contributed by atoms with Gasteiger partial charge < -0.3 is 5.73 Å². The van der Waals surface area contributed by atoms with Crippen LogP contribution in [0.25, 0.3) is 0 Å². The zero-order valence-corrected chi connectivity index (χ0v) is 11.3. The standard InChI is InChI=1S/C11H11ClN4O2S/c12-9-6-8(7-13)2-3-10(9)19(17,18)16-11-14-4-1-5-15-11/h1-6H,7,13H2,(H,14,15,16). The van der Waals surface area contributed by atoms with Crippen molar-refractivity contribution in [2.45, 2.75) is 11.4 Å². The van der Waals surface area contributed by atoms with Crippen LogP contribution in [0.4, 0.5) is 5.95 Å². The summed E-state index contributed by atoms with van der Waals surface area (Å²) in [6.45, 7) is 0.287. The lowest BCUT2D eigenvalue weighted by molar-refractivity contribution is 0.601. The van der Waals surface area contributed by atoms with Gasteiger partial charge in [0.25, 0.3) is 10.0 Å². The van der Waals surface area contributed by atoms with Crippen molar-refractivity contribution in [2.75, 3.05) is 4.72 Å². The molecule has 1 heterocycles. The number of nitrogens with one attached hydrogen (secondary N) is 1. The fourth-order valence-electron chi connectivity index (χ4n) is 1.42. The molecule has 0 saturated heterocycles. The van der Waals surface area contributed by atoms with E-state index in [1.165, 1.54) is 24.5 Å². The highest BCUT2D eigenvalue weighted by Crippen LogP contribution is 2.23. The molecular formula is C11H11ClN4O2S. The van der Waals surface area contributed by atoms with Gasteiger partial charge in [-0.1, -0.05) is 17.7 Å². The lowest BCUT2D eigenvalue weighted by atomic mass is 10.2. The lowest BCUT2D eigenvalue weighted by Gasteiger charge is -2.08. The zero-order chi connectivity index (χ0) is 13.9. The molecule has 0 unspecified atom stereocenters. The Kier molecular flexibility index (Phi) is 3.98. The Balaban J connectivity index is 2.35. The van der Waals surface area contributed by atoms with Gasteiger partial charge in [-0.25, -0.2) is 23.1 Å². The van der Waals surface area contributed by atoms with Crippen LogP contribution < -0.4 is 10.5 Å². The second-order valence-electron chi connectivity index (χ2n) is 3.65. The van der Waals surface area contributed by atoms with Crippen LogP contribution in [0.3, 0.4) is 0 Å². The minimum Gasteiger partial charge on any atom is -0.326 e. The third-order valence-corrected chi connectivity index (χ3v) is 4.12. The van der Waals surface area contributed by atoms with E-state index in [1.807, 2.05) is 0 Å². The van der Waals surface area contributed by atoms with E-state index in [2.05, 4.69) is 14.7 Å². The summed E-state index contributed by atoms with van der Waals surface area (Å²) < 4.78 is 26.5. The molecule has 8 heteroatoms. The zero-order valence-electron chi connectivity index (χ0n) is 9.75. The van der Waals surface area contributed by atoms with E-state index in [0.717, 1.165) is 5.56 Å². The van der Waals surface area contributed by atoms with Crippen LogP contribution >= 0.6 is 11.6 Å². The van der Waals surface area contributed by atoms with Crippen molar-refractivity contribution in [1.82, 2.24) is 9.97 Å². The predicted molar refractivity (Wildman–Crippen MR) is 72.2 cm³/mol. The van der Waals surface area contributed by atoms with Crippen LogP contribution in [-0.2, 0) is 16.6 Å². The van der Waals surface area contributed by atoms with Crippen molar-refractivity contribution in [3.63, 3.8) is 0 Å². The summed E-state index contributed by atoms with van der Waals surface area (Å²) in [7, 11) is -3.82. The van der Waals surface area contributed by atoms with Gasteiger partial charge in [0.05, 0.1) is 5.02 Å². The number of nitrogens with two attached hydrogens (primary N) is 1. The second-order valence-corrected chi connectivity index (χ2v) is 5.70. The fourth-order valence-corrected chi connectivity index (χ4v) is 2.94.